The van der Waals surface area contributed by atoms with Crippen molar-refractivity contribution in [3.8, 4) is 0 Å². The van der Waals surface area contributed by atoms with Crippen LogP contribution in [0.4, 0.5) is 0 Å². The smallest absolute Gasteiger partial charge is 0.0548 e. The molecule has 88 valence electrons. The van der Waals surface area contributed by atoms with Crippen molar-refractivity contribution in [2.24, 2.45) is 0 Å². The van der Waals surface area contributed by atoms with Gasteiger partial charge in [0.25, 0.3) is 0 Å². The van der Waals surface area contributed by atoms with E-state index in [1.54, 1.807) is 0 Å². The molecule has 1 N–H and O–H groups in total. The summed E-state index contributed by atoms with van der Waals surface area (Å²) in [5, 5.41) is 4.13. The minimum Gasteiger partial charge on any atom is -0.311 e. The molecule has 0 fully saturated rings. The Morgan fingerprint density at radius 2 is 2.19 bits per heavy atom. The first-order valence-electron chi connectivity index (χ1n) is 5.34. The van der Waals surface area contributed by atoms with Gasteiger partial charge in [0.2, 0.25) is 0 Å². The second-order valence-corrected chi connectivity index (χ2v) is 5.46. The molecule has 1 aromatic rings. The van der Waals surface area contributed by atoms with Crippen molar-refractivity contribution in [1.29, 1.82) is 0 Å². The summed E-state index contributed by atoms with van der Waals surface area (Å²) in [6.45, 7) is 7.33. The minimum absolute atomic E-state index is 0.514. The van der Waals surface area contributed by atoms with Crippen LogP contribution in [0.5, 0.6) is 0 Å². The largest absolute Gasteiger partial charge is 0.311 e. The van der Waals surface area contributed by atoms with Gasteiger partial charge in [-0.3, -0.25) is 0 Å². The maximum atomic E-state index is 5.94. The second-order valence-electron chi connectivity index (χ2n) is 4.20. The van der Waals surface area contributed by atoms with Crippen molar-refractivity contribution in [3.63, 3.8) is 0 Å². The van der Waals surface area contributed by atoms with Crippen LogP contribution in [0.2, 0.25) is 5.02 Å². The van der Waals surface area contributed by atoms with Gasteiger partial charge in [-0.2, -0.15) is 0 Å². The van der Waals surface area contributed by atoms with E-state index >= 15 is 0 Å². The molecule has 3 heteroatoms. The molecular formula is C13H17BrClN. The summed E-state index contributed by atoms with van der Waals surface area (Å²) in [5.74, 6) is 0. The van der Waals surface area contributed by atoms with Gasteiger partial charge in [0.1, 0.15) is 0 Å². The highest BCUT2D eigenvalue weighted by Crippen LogP contribution is 2.24. The Bertz CT molecular complexity index is 386. The Labute approximate surface area is 111 Å². The number of rotatable bonds is 4. The molecule has 0 amide bonds. The molecule has 0 saturated carbocycles. The van der Waals surface area contributed by atoms with Crippen LogP contribution in [0.1, 0.15) is 26.3 Å². The van der Waals surface area contributed by atoms with Crippen LogP contribution in [0, 0.1) is 0 Å². The SMILES string of the molecule is C/C(=C\c1ccc(Cl)c(Br)c1)CNC(C)C. The van der Waals surface area contributed by atoms with Crippen molar-refractivity contribution >= 4 is 33.6 Å². The lowest BCUT2D eigenvalue weighted by Crippen LogP contribution is -2.24. The predicted octanol–water partition coefficient (Wildman–Crippen LogP) is 4.50. The second kappa shape index (κ2) is 6.43. The van der Waals surface area contributed by atoms with Crippen LogP contribution in [-0.4, -0.2) is 12.6 Å². The van der Waals surface area contributed by atoms with E-state index in [9.17, 15) is 0 Å². The van der Waals surface area contributed by atoms with E-state index in [0.717, 1.165) is 16.0 Å². The Kier molecular flexibility index (Phi) is 5.53. The normalized spacial score (nSPS) is 12.2. The molecule has 0 unspecified atom stereocenters. The zero-order valence-corrected chi connectivity index (χ0v) is 12.2. The molecule has 0 atom stereocenters. The zero-order chi connectivity index (χ0) is 12.1. The van der Waals surface area contributed by atoms with Crippen LogP contribution < -0.4 is 5.32 Å². The van der Waals surface area contributed by atoms with Crippen LogP contribution in [0.15, 0.2) is 28.2 Å². The molecule has 0 bridgehead atoms. The van der Waals surface area contributed by atoms with E-state index in [1.807, 2.05) is 18.2 Å². The van der Waals surface area contributed by atoms with Gasteiger partial charge in [-0.05, 0) is 40.5 Å². The van der Waals surface area contributed by atoms with Gasteiger partial charge < -0.3 is 5.32 Å². The summed E-state index contributed by atoms with van der Waals surface area (Å²) >= 11 is 9.36. The number of benzene rings is 1. The van der Waals surface area contributed by atoms with Crippen molar-refractivity contribution in [2.75, 3.05) is 6.54 Å². The van der Waals surface area contributed by atoms with Crippen LogP contribution in [0.3, 0.4) is 0 Å². The molecule has 0 aromatic heterocycles. The lowest BCUT2D eigenvalue weighted by atomic mass is 10.1. The third kappa shape index (κ3) is 4.69. The first kappa shape index (κ1) is 13.8. The number of hydrogen-bond acceptors (Lipinski definition) is 1. The van der Waals surface area contributed by atoms with Gasteiger partial charge in [0, 0.05) is 17.1 Å². The van der Waals surface area contributed by atoms with E-state index in [-0.39, 0.29) is 0 Å². The molecule has 1 aromatic carbocycles. The van der Waals surface area contributed by atoms with E-state index in [1.165, 1.54) is 11.1 Å². The molecule has 0 saturated heterocycles. The van der Waals surface area contributed by atoms with Crippen molar-refractivity contribution in [1.82, 2.24) is 5.32 Å². The molecule has 0 spiro atoms. The van der Waals surface area contributed by atoms with Gasteiger partial charge in [-0.1, -0.05) is 43.2 Å². The Hall–Kier alpha value is -0.310. The quantitative estimate of drug-likeness (QED) is 0.863. The molecule has 0 aliphatic carbocycles. The van der Waals surface area contributed by atoms with Crippen LogP contribution >= 0.6 is 27.5 Å². The van der Waals surface area contributed by atoms with Crippen LogP contribution in [-0.2, 0) is 0 Å². The van der Waals surface area contributed by atoms with Crippen molar-refractivity contribution < 1.29 is 0 Å². The monoisotopic (exact) mass is 301 g/mol. The van der Waals surface area contributed by atoms with Crippen molar-refractivity contribution in [3.05, 3.63) is 38.8 Å². The lowest BCUT2D eigenvalue weighted by molar-refractivity contribution is 0.623. The molecule has 0 aliphatic heterocycles. The van der Waals surface area contributed by atoms with E-state index in [4.69, 9.17) is 11.6 Å². The van der Waals surface area contributed by atoms with E-state index < -0.39 is 0 Å². The molecule has 16 heavy (non-hydrogen) atoms. The number of hydrogen-bond donors (Lipinski definition) is 1. The fourth-order valence-electron chi connectivity index (χ4n) is 1.30. The van der Waals surface area contributed by atoms with E-state index in [2.05, 4.69) is 48.1 Å². The summed E-state index contributed by atoms with van der Waals surface area (Å²) in [4.78, 5) is 0. The highest BCUT2D eigenvalue weighted by atomic mass is 79.9. The number of halogens is 2. The Morgan fingerprint density at radius 3 is 2.75 bits per heavy atom. The maximum absolute atomic E-state index is 5.94. The first-order valence-corrected chi connectivity index (χ1v) is 6.51. The molecule has 1 rings (SSSR count). The van der Waals surface area contributed by atoms with Crippen molar-refractivity contribution in [2.45, 2.75) is 26.8 Å². The summed E-state index contributed by atoms with van der Waals surface area (Å²) in [6.07, 6.45) is 2.16. The molecule has 0 aliphatic rings. The van der Waals surface area contributed by atoms with Gasteiger partial charge in [-0.15, -0.1) is 0 Å². The fourth-order valence-corrected chi connectivity index (χ4v) is 1.82. The summed E-state index contributed by atoms with van der Waals surface area (Å²) in [5.41, 5.74) is 2.47. The topological polar surface area (TPSA) is 12.0 Å². The molecule has 1 nitrogen and oxygen atoms in total. The Morgan fingerprint density at radius 1 is 1.50 bits per heavy atom. The number of nitrogens with one attached hydrogen (secondary N) is 1. The van der Waals surface area contributed by atoms with Crippen LogP contribution in [0.25, 0.3) is 6.08 Å². The van der Waals surface area contributed by atoms with Gasteiger partial charge in [0.15, 0.2) is 0 Å². The average molecular weight is 303 g/mol. The molecule has 0 heterocycles. The highest BCUT2D eigenvalue weighted by molar-refractivity contribution is 9.10. The average Bonchev–Trinajstić information content (AvgIpc) is 2.21. The summed E-state index contributed by atoms with van der Waals surface area (Å²) in [7, 11) is 0. The summed E-state index contributed by atoms with van der Waals surface area (Å²) in [6, 6.07) is 6.47. The van der Waals surface area contributed by atoms with Gasteiger partial charge in [-0.25, -0.2) is 0 Å². The predicted molar refractivity (Wildman–Crippen MR) is 75.9 cm³/mol. The summed E-state index contributed by atoms with van der Waals surface area (Å²) < 4.78 is 0.938. The molecule has 0 radical (unpaired) electrons. The van der Waals surface area contributed by atoms with E-state index in [0.29, 0.717) is 6.04 Å². The highest BCUT2D eigenvalue weighted by Gasteiger charge is 1.98. The standard InChI is InChI=1S/C13H17BrClN/c1-9(2)16-8-10(3)6-11-4-5-13(15)12(14)7-11/h4-7,9,16H,8H2,1-3H3/b10-6+. The lowest BCUT2D eigenvalue weighted by Gasteiger charge is -2.08. The molecular weight excluding hydrogens is 286 g/mol. The van der Waals surface area contributed by atoms with Gasteiger partial charge in [0.05, 0.1) is 5.02 Å². The fraction of sp³-hybridized carbons (Fsp3) is 0.385. The maximum Gasteiger partial charge on any atom is 0.0548 e. The minimum atomic E-state index is 0.514. The zero-order valence-electron chi connectivity index (χ0n) is 9.85. The Balaban J connectivity index is 2.70. The third-order valence-electron chi connectivity index (χ3n) is 2.15. The third-order valence-corrected chi connectivity index (χ3v) is 3.36. The first-order chi connectivity index (χ1) is 7.49. The van der Waals surface area contributed by atoms with Gasteiger partial charge >= 0.3 is 0 Å².